The Hall–Kier alpha value is -6.64. The molecule has 0 saturated heterocycles. The Labute approximate surface area is 302 Å². The number of rotatable bonds is 10. The molecule has 7 aromatic carbocycles. The third kappa shape index (κ3) is 5.98. The lowest BCUT2D eigenvalue weighted by atomic mass is 9.93. The van der Waals surface area contributed by atoms with Gasteiger partial charge in [0.05, 0.1) is 11.4 Å². The highest BCUT2D eigenvalue weighted by Gasteiger charge is 2.24. The summed E-state index contributed by atoms with van der Waals surface area (Å²) in [5, 5.41) is 12.2. The van der Waals surface area contributed by atoms with Crippen LogP contribution in [0, 0.1) is 0 Å². The fourth-order valence-corrected chi connectivity index (χ4v) is 6.85. The summed E-state index contributed by atoms with van der Waals surface area (Å²) in [6.07, 6.45) is 0. The summed E-state index contributed by atoms with van der Waals surface area (Å²) in [7, 11) is 0. The molecule has 0 spiro atoms. The summed E-state index contributed by atoms with van der Waals surface area (Å²) < 4.78 is 3.13. The molecule has 0 bridgehead atoms. The minimum Gasteiger partial charge on any atom is -0.330 e. The van der Waals surface area contributed by atoms with Crippen molar-refractivity contribution in [1.29, 1.82) is 0 Å². The average Bonchev–Trinajstić information content (AvgIpc) is 3.69. The molecule has 1 aromatic heterocycles. The van der Waals surface area contributed by atoms with Gasteiger partial charge in [0.1, 0.15) is 11.0 Å². The van der Waals surface area contributed by atoms with Gasteiger partial charge in [0.2, 0.25) is 0 Å². The Morgan fingerprint density at radius 3 is 1.16 bits per heavy atom. The van der Waals surface area contributed by atoms with Crippen LogP contribution in [0.3, 0.4) is 0 Å². The van der Waals surface area contributed by atoms with Crippen LogP contribution < -0.4 is 14.5 Å². The van der Waals surface area contributed by atoms with Crippen LogP contribution in [0.5, 0.6) is 0 Å². The zero-order chi connectivity index (χ0) is 34.6. The zero-order valence-corrected chi connectivity index (χ0v) is 28.5. The average molecular weight is 680 g/mol. The molecule has 2 N–H and O–H groups in total. The zero-order valence-electron chi connectivity index (χ0n) is 27.6. The molecule has 0 atom stereocenters. The van der Waals surface area contributed by atoms with Crippen molar-refractivity contribution < 1.29 is 0 Å². The van der Waals surface area contributed by atoms with Gasteiger partial charge in [0, 0.05) is 45.3 Å². The number of aromatic amines is 1. The molecular formula is C43H33N7S. The predicted molar refractivity (Wildman–Crippen MR) is 216 cm³/mol. The number of benzene rings is 7. The van der Waals surface area contributed by atoms with Crippen LogP contribution in [0.25, 0.3) is 33.3 Å². The number of fused-ring (bicyclic) bond motifs is 1. The summed E-state index contributed by atoms with van der Waals surface area (Å²) >= 11 is 4.58. The quantitative estimate of drug-likeness (QED) is 0.0991. The first-order chi connectivity index (χ1) is 25.2. The Morgan fingerprint density at radius 2 is 0.804 bits per heavy atom. The van der Waals surface area contributed by atoms with Crippen molar-refractivity contribution in [2.24, 2.45) is 4.99 Å². The van der Waals surface area contributed by atoms with E-state index in [0.29, 0.717) is 22.4 Å². The van der Waals surface area contributed by atoms with E-state index in [2.05, 4.69) is 152 Å². The molecule has 0 saturated carbocycles. The van der Waals surface area contributed by atoms with Gasteiger partial charge < -0.3 is 14.5 Å². The fraction of sp³-hybridized carbons (Fsp3) is 0. The number of nitrogens with one attached hydrogen (secondary N) is 2. The molecule has 0 amide bonds. The number of para-hydroxylation sites is 4. The van der Waals surface area contributed by atoms with Gasteiger partial charge in [0.15, 0.2) is 0 Å². The van der Waals surface area contributed by atoms with Crippen LogP contribution in [0.4, 0.5) is 45.5 Å². The molecule has 0 unspecified atom stereocenters. The summed E-state index contributed by atoms with van der Waals surface area (Å²) in [6.45, 7) is 3.98. The number of aromatic nitrogens is 3. The second kappa shape index (κ2) is 14.1. The van der Waals surface area contributed by atoms with Crippen LogP contribution in [0.1, 0.15) is 0 Å². The van der Waals surface area contributed by atoms with Gasteiger partial charge in [-0.2, -0.15) is 15.4 Å². The van der Waals surface area contributed by atoms with Gasteiger partial charge in [-0.1, -0.05) is 110 Å². The van der Waals surface area contributed by atoms with E-state index in [1.165, 1.54) is 0 Å². The Balaban J connectivity index is 1.22. The highest BCUT2D eigenvalue weighted by molar-refractivity contribution is 7.81. The van der Waals surface area contributed by atoms with Crippen molar-refractivity contribution in [3.8, 4) is 22.3 Å². The monoisotopic (exact) mass is 679 g/mol. The molecular weight excluding hydrogens is 647 g/mol. The number of H-pyrrole nitrogens is 1. The second-order valence-corrected chi connectivity index (χ2v) is 12.1. The molecule has 0 aliphatic heterocycles. The van der Waals surface area contributed by atoms with Gasteiger partial charge in [-0.05, 0) is 90.6 Å². The maximum absolute atomic E-state index is 4.65. The first kappa shape index (κ1) is 31.6. The molecule has 0 radical (unpaired) electrons. The van der Waals surface area contributed by atoms with Crippen molar-refractivity contribution in [3.63, 3.8) is 0 Å². The normalized spacial score (nSPS) is 10.9. The highest BCUT2D eigenvalue weighted by Crippen LogP contribution is 2.49. The number of hydrogen-bond acceptors (Lipinski definition) is 7. The summed E-state index contributed by atoms with van der Waals surface area (Å²) in [5.74, 6) is 0. The Morgan fingerprint density at radius 1 is 0.471 bits per heavy atom. The van der Waals surface area contributed by atoms with Crippen LogP contribution in [-0.2, 0) is 0 Å². The van der Waals surface area contributed by atoms with Crippen molar-refractivity contribution in [2.75, 3.05) is 14.5 Å². The van der Waals surface area contributed by atoms with E-state index < -0.39 is 0 Å². The second-order valence-electron chi connectivity index (χ2n) is 11.9. The van der Waals surface area contributed by atoms with E-state index in [1.54, 1.807) is 0 Å². The summed E-state index contributed by atoms with van der Waals surface area (Å²) in [5.41, 5.74) is 12.5. The maximum Gasteiger partial charge on any atom is 0.123 e. The fourth-order valence-electron chi connectivity index (χ4n) is 6.63. The van der Waals surface area contributed by atoms with Crippen molar-refractivity contribution in [1.82, 2.24) is 15.4 Å². The van der Waals surface area contributed by atoms with E-state index in [9.17, 15) is 0 Å². The van der Waals surface area contributed by atoms with Crippen molar-refractivity contribution in [2.45, 2.75) is 0 Å². The van der Waals surface area contributed by atoms with Gasteiger partial charge in [-0.3, -0.25) is 4.99 Å². The molecule has 1 heterocycles. The summed E-state index contributed by atoms with van der Waals surface area (Å²) in [4.78, 5) is 9.01. The SMILES string of the molecule is C=Nc1c(NS)c(-c2ccc(N(c3ccccc3)c3ccccc3)cc2)c2n[nH]nc2c1-c1ccc(N(c2ccccc2)c2ccccc2)cc1. The van der Waals surface area contributed by atoms with Crippen LogP contribution >= 0.6 is 12.8 Å². The number of nitrogens with zero attached hydrogens (tertiary/aromatic N) is 5. The lowest BCUT2D eigenvalue weighted by Gasteiger charge is -2.26. The Bertz CT molecular complexity index is 2320. The van der Waals surface area contributed by atoms with Crippen molar-refractivity contribution >= 4 is 76.1 Å². The van der Waals surface area contributed by atoms with Crippen LogP contribution in [0.2, 0.25) is 0 Å². The topological polar surface area (TPSA) is 72.4 Å². The lowest BCUT2D eigenvalue weighted by molar-refractivity contribution is 0.960. The minimum absolute atomic E-state index is 0.636. The number of aliphatic imine (C=N–C) groups is 1. The first-order valence-corrected chi connectivity index (χ1v) is 17.0. The van der Waals surface area contributed by atoms with Crippen LogP contribution in [0.15, 0.2) is 175 Å². The predicted octanol–water partition coefficient (Wildman–Crippen LogP) is 11.8. The Kier molecular flexibility index (Phi) is 8.72. The van der Waals surface area contributed by atoms with E-state index in [4.69, 9.17) is 0 Å². The maximum atomic E-state index is 4.65. The molecule has 0 aliphatic carbocycles. The number of hydrogen-bond donors (Lipinski definition) is 3. The molecule has 0 aliphatic rings. The molecule has 246 valence electrons. The molecule has 0 fully saturated rings. The van der Waals surface area contributed by atoms with Gasteiger partial charge in [-0.25, -0.2) is 0 Å². The third-order valence-electron chi connectivity index (χ3n) is 8.90. The van der Waals surface area contributed by atoms with Crippen LogP contribution in [-0.4, -0.2) is 22.1 Å². The first-order valence-electron chi connectivity index (χ1n) is 16.5. The molecule has 51 heavy (non-hydrogen) atoms. The highest BCUT2D eigenvalue weighted by atomic mass is 32.1. The van der Waals surface area contributed by atoms with Gasteiger partial charge in [0.25, 0.3) is 0 Å². The van der Waals surface area contributed by atoms with Gasteiger partial charge in [-0.15, -0.1) is 0 Å². The van der Waals surface area contributed by atoms with E-state index in [1.807, 2.05) is 72.8 Å². The minimum atomic E-state index is 0.636. The smallest absolute Gasteiger partial charge is 0.123 e. The third-order valence-corrected chi connectivity index (χ3v) is 9.12. The summed E-state index contributed by atoms with van der Waals surface area (Å²) in [6, 6.07) is 58.2. The number of anilines is 7. The van der Waals surface area contributed by atoms with Gasteiger partial charge >= 0.3 is 0 Å². The molecule has 8 rings (SSSR count). The van der Waals surface area contributed by atoms with E-state index >= 15 is 0 Å². The van der Waals surface area contributed by atoms with E-state index in [0.717, 1.165) is 56.4 Å². The van der Waals surface area contributed by atoms with E-state index in [-0.39, 0.29) is 0 Å². The lowest BCUT2D eigenvalue weighted by Crippen LogP contribution is -2.09. The molecule has 8 aromatic rings. The molecule has 8 heteroatoms. The van der Waals surface area contributed by atoms with Crippen molar-refractivity contribution in [3.05, 3.63) is 170 Å². The standard InChI is InChI=1S/C43H33N7S/c1-44-40-38(30-22-26-36(27-23-30)49(32-14-6-2-7-15-32)33-16-8-3-9-17-33)41-42(46-48-45-41)39(43(40)47-51)31-24-28-37(29-25-31)50(34-18-10-4-11-19-34)35-20-12-5-13-21-35/h2-29,47,51H,1H2,(H,45,46,48). The largest absolute Gasteiger partial charge is 0.330 e. The molecule has 7 nitrogen and oxygen atoms in total. The number of thiol groups is 1.